The first-order valence-corrected chi connectivity index (χ1v) is 11.1. The number of hydrogen-bond donors (Lipinski definition) is 1. The Morgan fingerprint density at radius 2 is 2.07 bits per heavy atom. The smallest absolute Gasteiger partial charge is 0.225 e. The lowest BCUT2D eigenvalue weighted by Crippen LogP contribution is -2.43. The summed E-state index contributed by atoms with van der Waals surface area (Å²) in [6, 6.07) is 15.7. The third kappa shape index (κ3) is 5.39. The normalized spacial score (nSPS) is 16.6. The highest BCUT2D eigenvalue weighted by Crippen LogP contribution is 2.28. The lowest BCUT2D eigenvalue weighted by atomic mass is 9.97. The van der Waals surface area contributed by atoms with Crippen LogP contribution in [0.15, 0.2) is 73.6 Å². The van der Waals surface area contributed by atoms with E-state index in [-0.39, 0.29) is 11.8 Å². The van der Waals surface area contributed by atoms with Gasteiger partial charge in [-0.15, -0.1) is 10.2 Å². The van der Waals surface area contributed by atoms with Gasteiger partial charge in [0, 0.05) is 22.5 Å². The van der Waals surface area contributed by atoms with Crippen molar-refractivity contribution in [1.29, 1.82) is 0 Å². The third-order valence-electron chi connectivity index (χ3n) is 4.80. The Kier molecular flexibility index (Phi) is 6.51. The Hall–Kier alpha value is -2.32. The van der Waals surface area contributed by atoms with Crippen LogP contribution in [0, 0.1) is 5.92 Å². The summed E-state index contributed by atoms with van der Waals surface area (Å²) in [6.45, 7) is 1.96. The van der Waals surface area contributed by atoms with E-state index in [0.29, 0.717) is 13.1 Å². The first kappa shape index (κ1) is 20.0. The first-order valence-electron chi connectivity index (χ1n) is 9.49. The highest BCUT2D eigenvalue weighted by Gasteiger charge is 2.26. The summed E-state index contributed by atoms with van der Waals surface area (Å²) in [5.41, 5.74) is 0. The summed E-state index contributed by atoms with van der Waals surface area (Å²) in [5, 5.41) is 12.6. The van der Waals surface area contributed by atoms with Gasteiger partial charge >= 0.3 is 0 Å². The molecule has 0 aliphatic carbocycles. The van der Waals surface area contributed by atoms with Gasteiger partial charge < -0.3 is 14.6 Å². The van der Waals surface area contributed by atoms with E-state index < -0.39 is 0 Å². The lowest BCUT2D eigenvalue weighted by molar-refractivity contribution is -0.125. The van der Waals surface area contributed by atoms with E-state index in [2.05, 4.69) is 36.3 Å². The maximum absolute atomic E-state index is 12.5. The van der Waals surface area contributed by atoms with Crippen LogP contribution < -0.4 is 10.2 Å². The van der Waals surface area contributed by atoms with Gasteiger partial charge in [-0.05, 0) is 61.4 Å². The summed E-state index contributed by atoms with van der Waals surface area (Å²) in [7, 11) is 0. The Balaban J connectivity index is 1.34. The van der Waals surface area contributed by atoms with E-state index in [0.717, 1.165) is 45.4 Å². The average Bonchev–Trinajstić information content (AvgIpc) is 3.28. The molecule has 1 N–H and O–H groups in total. The number of aromatic nitrogens is 2. The van der Waals surface area contributed by atoms with E-state index in [1.54, 1.807) is 18.0 Å². The van der Waals surface area contributed by atoms with E-state index in [9.17, 15) is 4.79 Å². The monoisotopic (exact) mass is 472 g/mol. The first-order chi connectivity index (χ1) is 14.2. The number of nitrogens with zero attached hydrogens (tertiary/aromatic N) is 3. The quantitative estimate of drug-likeness (QED) is 0.568. The molecule has 3 heterocycles. The number of furan rings is 1. The maximum atomic E-state index is 12.5. The van der Waals surface area contributed by atoms with Gasteiger partial charge in [0.25, 0.3) is 0 Å². The molecule has 3 aromatic rings. The van der Waals surface area contributed by atoms with Crippen LogP contribution in [0.3, 0.4) is 0 Å². The van der Waals surface area contributed by atoms with E-state index in [1.165, 1.54) is 0 Å². The van der Waals surface area contributed by atoms with Crippen molar-refractivity contribution in [2.45, 2.75) is 29.3 Å². The number of halogens is 1. The fraction of sp³-hybridized carbons (Fsp3) is 0.286. The van der Waals surface area contributed by atoms with Gasteiger partial charge in [0.2, 0.25) is 5.91 Å². The SMILES string of the molecule is O=C(NCc1ccco1)[C@@H]1CCCN(c2ccc(Sc3ccc(Br)cc3)nn2)C1. The molecule has 6 nitrogen and oxygen atoms in total. The maximum Gasteiger partial charge on any atom is 0.225 e. The van der Waals surface area contributed by atoms with Crippen LogP contribution in [-0.2, 0) is 11.3 Å². The Morgan fingerprint density at radius 3 is 2.79 bits per heavy atom. The number of anilines is 1. The fourth-order valence-electron chi connectivity index (χ4n) is 3.29. The van der Waals surface area contributed by atoms with Gasteiger partial charge in [0.05, 0.1) is 18.7 Å². The van der Waals surface area contributed by atoms with Crippen LogP contribution >= 0.6 is 27.7 Å². The van der Waals surface area contributed by atoms with Crippen LogP contribution in [0.25, 0.3) is 0 Å². The number of amides is 1. The Bertz CT molecular complexity index is 932. The van der Waals surface area contributed by atoms with Crippen molar-refractivity contribution >= 4 is 39.4 Å². The van der Waals surface area contributed by atoms with Crippen molar-refractivity contribution in [2.75, 3.05) is 18.0 Å². The Labute approximate surface area is 182 Å². The van der Waals surface area contributed by atoms with Gasteiger partial charge in [0.1, 0.15) is 10.8 Å². The molecule has 1 aliphatic rings. The molecule has 4 rings (SSSR count). The minimum atomic E-state index is -0.0580. The predicted octanol–water partition coefficient (Wildman–Crippen LogP) is 4.52. The summed E-state index contributed by atoms with van der Waals surface area (Å²) < 4.78 is 6.33. The van der Waals surface area contributed by atoms with Crippen molar-refractivity contribution in [2.24, 2.45) is 5.92 Å². The minimum Gasteiger partial charge on any atom is -0.467 e. The van der Waals surface area contributed by atoms with Crippen molar-refractivity contribution in [3.8, 4) is 0 Å². The minimum absolute atomic E-state index is 0.0569. The molecule has 0 unspecified atom stereocenters. The summed E-state index contributed by atoms with van der Waals surface area (Å²) in [6.07, 6.45) is 3.45. The highest BCUT2D eigenvalue weighted by atomic mass is 79.9. The average molecular weight is 473 g/mol. The molecule has 1 saturated heterocycles. The highest BCUT2D eigenvalue weighted by molar-refractivity contribution is 9.10. The number of rotatable bonds is 6. The molecule has 8 heteroatoms. The molecule has 1 atom stereocenters. The predicted molar refractivity (Wildman–Crippen MR) is 116 cm³/mol. The molecule has 1 aromatic carbocycles. The molecule has 2 aromatic heterocycles. The van der Waals surface area contributed by atoms with Crippen molar-refractivity contribution in [3.05, 3.63) is 65.0 Å². The second kappa shape index (κ2) is 9.45. The van der Waals surface area contributed by atoms with E-state index >= 15 is 0 Å². The molecule has 29 heavy (non-hydrogen) atoms. The zero-order valence-electron chi connectivity index (χ0n) is 15.8. The van der Waals surface area contributed by atoms with Crippen LogP contribution in [0.2, 0.25) is 0 Å². The van der Waals surface area contributed by atoms with Crippen molar-refractivity contribution in [1.82, 2.24) is 15.5 Å². The van der Waals surface area contributed by atoms with Gasteiger partial charge in [0.15, 0.2) is 5.82 Å². The van der Waals surface area contributed by atoms with Gasteiger partial charge in [-0.2, -0.15) is 0 Å². The zero-order valence-corrected chi connectivity index (χ0v) is 18.2. The molecule has 0 bridgehead atoms. The van der Waals surface area contributed by atoms with Gasteiger partial charge in [-0.25, -0.2) is 0 Å². The number of nitrogens with one attached hydrogen (secondary N) is 1. The second-order valence-electron chi connectivity index (χ2n) is 6.87. The molecule has 1 amide bonds. The third-order valence-corrected chi connectivity index (χ3v) is 6.26. The largest absolute Gasteiger partial charge is 0.467 e. The van der Waals surface area contributed by atoms with Gasteiger partial charge in [-0.3, -0.25) is 4.79 Å². The Morgan fingerprint density at radius 1 is 1.21 bits per heavy atom. The lowest BCUT2D eigenvalue weighted by Gasteiger charge is -2.32. The molecule has 0 saturated carbocycles. The molecule has 0 radical (unpaired) electrons. The van der Waals surface area contributed by atoms with Gasteiger partial charge in [-0.1, -0.05) is 27.7 Å². The second-order valence-corrected chi connectivity index (χ2v) is 8.88. The van der Waals surface area contributed by atoms with E-state index in [4.69, 9.17) is 4.42 Å². The molecule has 1 fully saturated rings. The standard InChI is InChI=1S/C21H21BrN4O2S/c22-16-5-7-18(8-6-16)29-20-10-9-19(24-25-20)26-11-1-3-15(14-26)21(27)23-13-17-4-2-12-28-17/h2,4-10,12,15H,1,3,11,13-14H2,(H,23,27)/t15-/m1/s1. The number of hydrogen-bond acceptors (Lipinski definition) is 6. The summed E-state index contributed by atoms with van der Waals surface area (Å²) in [5.74, 6) is 1.57. The van der Waals surface area contributed by atoms with Crippen LogP contribution in [0.5, 0.6) is 0 Å². The molecule has 1 aliphatic heterocycles. The zero-order chi connectivity index (χ0) is 20.1. The summed E-state index contributed by atoms with van der Waals surface area (Å²) in [4.78, 5) is 15.8. The molecular formula is C21H21BrN4O2S. The number of benzene rings is 1. The summed E-state index contributed by atoms with van der Waals surface area (Å²) >= 11 is 5.02. The van der Waals surface area contributed by atoms with Crippen LogP contribution in [0.1, 0.15) is 18.6 Å². The fourth-order valence-corrected chi connectivity index (χ4v) is 4.29. The topological polar surface area (TPSA) is 71.3 Å². The van der Waals surface area contributed by atoms with Crippen LogP contribution in [0.4, 0.5) is 5.82 Å². The number of carbonyl (C=O) groups excluding carboxylic acids is 1. The number of piperidine rings is 1. The van der Waals surface area contributed by atoms with Crippen molar-refractivity contribution < 1.29 is 9.21 Å². The molecular weight excluding hydrogens is 452 g/mol. The van der Waals surface area contributed by atoms with Crippen LogP contribution in [-0.4, -0.2) is 29.2 Å². The number of carbonyl (C=O) groups is 1. The molecule has 150 valence electrons. The molecule has 0 spiro atoms. The van der Waals surface area contributed by atoms with E-state index in [1.807, 2.05) is 48.5 Å². The van der Waals surface area contributed by atoms with Crippen molar-refractivity contribution in [3.63, 3.8) is 0 Å².